The molecule has 0 amide bonds. The number of rotatable bonds is 3. The van der Waals surface area contributed by atoms with Crippen molar-refractivity contribution in [2.75, 3.05) is 0 Å². The zero-order chi connectivity index (χ0) is 17.1. The summed E-state index contributed by atoms with van der Waals surface area (Å²) in [5.41, 5.74) is -0.948. The number of ether oxygens (including phenoxy) is 1. The van der Waals surface area contributed by atoms with Crippen molar-refractivity contribution in [2.24, 2.45) is 4.99 Å². The van der Waals surface area contributed by atoms with Crippen LogP contribution in [-0.4, -0.2) is 12.6 Å². The van der Waals surface area contributed by atoms with E-state index in [1.807, 2.05) is 0 Å². The Morgan fingerprint density at radius 2 is 1.57 bits per heavy atom. The van der Waals surface area contributed by atoms with Crippen LogP contribution in [-0.2, 0) is 6.18 Å². The van der Waals surface area contributed by atoms with Crippen molar-refractivity contribution < 1.29 is 31.1 Å². The molecule has 0 aliphatic rings. The van der Waals surface area contributed by atoms with Crippen molar-refractivity contribution >= 4 is 11.9 Å². The zero-order valence-corrected chi connectivity index (χ0v) is 11.3. The maximum atomic E-state index is 12.6. The Morgan fingerprint density at radius 3 is 2.22 bits per heavy atom. The highest BCUT2D eigenvalue weighted by molar-refractivity contribution is 5.85. The second-order valence-electron chi connectivity index (χ2n) is 4.39. The molecule has 0 heterocycles. The lowest BCUT2D eigenvalue weighted by molar-refractivity contribution is -0.274. The summed E-state index contributed by atoms with van der Waals surface area (Å²) in [5, 5.41) is 0. The summed E-state index contributed by atoms with van der Waals surface area (Å²) in [7, 11) is 0. The molecule has 0 saturated heterocycles. The van der Waals surface area contributed by atoms with E-state index in [9.17, 15) is 26.3 Å². The molecule has 2 rings (SSSR count). The summed E-state index contributed by atoms with van der Waals surface area (Å²) in [6.45, 7) is 0. The van der Waals surface area contributed by atoms with Gasteiger partial charge in [-0.2, -0.15) is 13.2 Å². The van der Waals surface area contributed by atoms with E-state index in [0.717, 1.165) is 30.5 Å². The monoisotopic (exact) mass is 333 g/mol. The van der Waals surface area contributed by atoms with E-state index >= 15 is 0 Å². The lowest BCUT2D eigenvalue weighted by Crippen LogP contribution is -2.18. The Balaban J connectivity index is 2.28. The summed E-state index contributed by atoms with van der Waals surface area (Å²) in [6, 6.07) is 9.31. The van der Waals surface area contributed by atoms with Crippen LogP contribution < -0.4 is 4.74 Å². The summed E-state index contributed by atoms with van der Waals surface area (Å²) in [5.74, 6) is -0.490. The average molecular weight is 333 g/mol. The number of hydrogen-bond donors (Lipinski definition) is 0. The van der Waals surface area contributed by atoms with Gasteiger partial charge in [-0.1, -0.05) is 18.2 Å². The van der Waals surface area contributed by atoms with Gasteiger partial charge in [0.15, 0.2) is 0 Å². The molecule has 122 valence electrons. The summed E-state index contributed by atoms with van der Waals surface area (Å²) >= 11 is 0. The van der Waals surface area contributed by atoms with Gasteiger partial charge in [-0.3, -0.25) is 4.99 Å². The minimum Gasteiger partial charge on any atom is -0.405 e. The fraction of sp³-hybridized carbons (Fsp3) is 0.133. The second kappa shape index (κ2) is 6.31. The number of halogens is 6. The summed E-state index contributed by atoms with van der Waals surface area (Å²) < 4.78 is 78.4. The van der Waals surface area contributed by atoms with Gasteiger partial charge in [-0.25, -0.2) is 0 Å². The van der Waals surface area contributed by atoms with E-state index in [1.54, 1.807) is 0 Å². The van der Waals surface area contributed by atoms with Crippen molar-refractivity contribution in [1.29, 1.82) is 0 Å². The molecule has 8 heteroatoms. The lowest BCUT2D eigenvalue weighted by atomic mass is 10.2. The van der Waals surface area contributed by atoms with Crippen molar-refractivity contribution in [3.63, 3.8) is 0 Å². The molecule has 0 radical (unpaired) electrons. The van der Waals surface area contributed by atoms with Crippen molar-refractivity contribution in [3.05, 3.63) is 59.7 Å². The summed E-state index contributed by atoms with van der Waals surface area (Å²) in [4.78, 5) is 3.77. The molecule has 0 unspecified atom stereocenters. The molecule has 0 aromatic heterocycles. The largest absolute Gasteiger partial charge is 0.573 e. The Bertz CT molecular complexity index is 706. The van der Waals surface area contributed by atoms with Gasteiger partial charge >= 0.3 is 12.5 Å². The molecule has 2 aromatic carbocycles. The SMILES string of the molecule is FC(F)(F)Oc1ccccc1C=Nc1cccc(C(F)(F)F)c1. The Morgan fingerprint density at radius 1 is 0.870 bits per heavy atom. The maximum absolute atomic E-state index is 12.6. The number of benzene rings is 2. The van der Waals surface area contributed by atoms with Gasteiger partial charge in [0.2, 0.25) is 0 Å². The van der Waals surface area contributed by atoms with Crippen molar-refractivity contribution in [3.8, 4) is 5.75 Å². The van der Waals surface area contributed by atoms with E-state index in [2.05, 4.69) is 9.73 Å². The van der Waals surface area contributed by atoms with Crippen LogP contribution in [0.3, 0.4) is 0 Å². The van der Waals surface area contributed by atoms with Gasteiger partial charge in [0, 0.05) is 11.8 Å². The molecule has 23 heavy (non-hydrogen) atoms. The van der Waals surface area contributed by atoms with Gasteiger partial charge in [-0.05, 0) is 30.3 Å². The molecule has 2 nitrogen and oxygen atoms in total. The first-order valence-corrected chi connectivity index (χ1v) is 6.21. The maximum Gasteiger partial charge on any atom is 0.573 e. The Kier molecular flexibility index (Phi) is 4.63. The third-order valence-corrected chi connectivity index (χ3v) is 2.67. The van der Waals surface area contributed by atoms with Gasteiger partial charge in [0.05, 0.1) is 11.3 Å². The summed E-state index contributed by atoms with van der Waals surface area (Å²) in [6.07, 6.45) is -8.39. The van der Waals surface area contributed by atoms with Crippen LogP contribution in [0.1, 0.15) is 11.1 Å². The van der Waals surface area contributed by atoms with Crippen molar-refractivity contribution in [2.45, 2.75) is 12.5 Å². The predicted octanol–water partition coefficient (Wildman–Crippen LogP) is 5.35. The third-order valence-electron chi connectivity index (χ3n) is 2.67. The van der Waals surface area contributed by atoms with Gasteiger partial charge in [0.25, 0.3) is 0 Å². The molecular formula is C15H9F6NO. The van der Waals surface area contributed by atoms with E-state index < -0.39 is 23.9 Å². The number of aliphatic imine (C=N–C) groups is 1. The third kappa shape index (κ3) is 5.01. The normalized spacial score (nSPS) is 12.6. The van der Waals surface area contributed by atoms with E-state index in [0.29, 0.717) is 0 Å². The van der Waals surface area contributed by atoms with Crippen LogP contribution in [0.4, 0.5) is 32.0 Å². The minimum atomic E-state index is -4.87. The number of para-hydroxylation sites is 1. The number of nitrogens with zero attached hydrogens (tertiary/aromatic N) is 1. The van der Waals surface area contributed by atoms with Crippen LogP contribution in [0.5, 0.6) is 5.75 Å². The number of hydrogen-bond acceptors (Lipinski definition) is 2. The molecule has 0 aliphatic heterocycles. The topological polar surface area (TPSA) is 21.6 Å². The molecule has 0 N–H and O–H groups in total. The van der Waals surface area contributed by atoms with Crippen LogP contribution in [0.15, 0.2) is 53.5 Å². The van der Waals surface area contributed by atoms with E-state index in [-0.39, 0.29) is 11.3 Å². The quantitative estimate of drug-likeness (QED) is 0.548. The molecule has 0 aliphatic carbocycles. The molecule has 0 atom stereocenters. The molecular weight excluding hydrogens is 324 g/mol. The Hall–Kier alpha value is -2.51. The molecule has 2 aromatic rings. The lowest BCUT2D eigenvalue weighted by Gasteiger charge is -2.10. The fourth-order valence-corrected chi connectivity index (χ4v) is 1.71. The predicted molar refractivity (Wildman–Crippen MR) is 71.8 cm³/mol. The van der Waals surface area contributed by atoms with Gasteiger partial charge < -0.3 is 4.74 Å². The highest BCUT2D eigenvalue weighted by Gasteiger charge is 2.32. The zero-order valence-electron chi connectivity index (χ0n) is 11.3. The van der Waals surface area contributed by atoms with Crippen LogP contribution in [0.2, 0.25) is 0 Å². The van der Waals surface area contributed by atoms with Crippen molar-refractivity contribution in [1.82, 2.24) is 0 Å². The smallest absolute Gasteiger partial charge is 0.405 e. The Labute approximate surface area is 127 Å². The second-order valence-corrected chi connectivity index (χ2v) is 4.39. The molecule has 0 saturated carbocycles. The highest BCUT2D eigenvalue weighted by Crippen LogP contribution is 2.31. The van der Waals surface area contributed by atoms with E-state index in [1.165, 1.54) is 24.3 Å². The van der Waals surface area contributed by atoms with Gasteiger partial charge in [0.1, 0.15) is 5.75 Å². The first-order chi connectivity index (χ1) is 10.6. The first kappa shape index (κ1) is 16.9. The standard InChI is InChI=1S/C15H9F6NO/c16-14(17,18)11-5-3-6-12(8-11)22-9-10-4-1-2-7-13(10)23-15(19,20)21/h1-9H. The van der Waals surface area contributed by atoms with Crippen LogP contribution in [0.25, 0.3) is 0 Å². The molecule has 0 fully saturated rings. The van der Waals surface area contributed by atoms with Gasteiger partial charge in [-0.15, -0.1) is 13.2 Å². The van der Waals surface area contributed by atoms with Crippen LogP contribution >= 0.6 is 0 Å². The first-order valence-electron chi connectivity index (χ1n) is 6.21. The molecule has 0 bridgehead atoms. The van der Waals surface area contributed by atoms with E-state index in [4.69, 9.17) is 0 Å². The van der Waals surface area contributed by atoms with Crippen LogP contribution in [0, 0.1) is 0 Å². The average Bonchev–Trinajstić information content (AvgIpc) is 2.44. The fourth-order valence-electron chi connectivity index (χ4n) is 1.71. The molecule has 0 spiro atoms. The highest BCUT2D eigenvalue weighted by atomic mass is 19.4. The number of alkyl halides is 6. The minimum absolute atomic E-state index is 0.0118.